The summed E-state index contributed by atoms with van der Waals surface area (Å²) in [5, 5.41) is 3.02. The number of carbonyl (C=O) groups excluding carboxylic acids is 1. The quantitative estimate of drug-likeness (QED) is 0.729. The first-order valence-electron chi connectivity index (χ1n) is 5.39. The monoisotopic (exact) mass is 222 g/mol. The van der Waals surface area contributed by atoms with Crippen molar-refractivity contribution in [3.05, 3.63) is 27.7 Å². The van der Waals surface area contributed by atoms with Crippen LogP contribution < -0.4 is 10.9 Å². The van der Waals surface area contributed by atoms with E-state index in [1.54, 1.807) is 6.92 Å². The van der Waals surface area contributed by atoms with Gasteiger partial charge in [-0.3, -0.25) is 4.79 Å². The van der Waals surface area contributed by atoms with Crippen molar-refractivity contribution in [3.8, 4) is 0 Å². The highest BCUT2D eigenvalue weighted by Crippen LogP contribution is 2.21. The van der Waals surface area contributed by atoms with Crippen molar-refractivity contribution >= 4 is 11.7 Å². The van der Waals surface area contributed by atoms with Gasteiger partial charge in [-0.25, -0.2) is 4.79 Å². The van der Waals surface area contributed by atoms with Crippen LogP contribution in [0.2, 0.25) is 0 Å². The Morgan fingerprint density at radius 2 is 2.38 bits per heavy atom. The number of aromatic amines is 1. The molecule has 0 spiro atoms. The normalized spacial score (nSPS) is 13.8. The van der Waals surface area contributed by atoms with E-state index in [2.05, 4.69) is 10.3 Å². The zero-order valence-corrected chi connectivity index (χ0v) is 9.13. The Morgan fingerprint density at radius 1 is 1.56 bits per heavy atom. The van der Waals surface area contributed by atoms with Crippen molar-refractivity contribution in [2.75, 3.05) is 18.5 Å². The fourth-order valence-corrected chi connectivity index (χ4v) is 1.88. The van der Waals surface area contributed by atoms with Crippen LogP contribution in [0, 0.1) is 0 Å². The van der Waals surface area contributed by atoms with Crippen LogP contribution in [0.4, 0.5) is 5.69 Å². The summed E-state index contributed by atoms with van der Waals surface area (Å²) in [5.41, 5.74) is 1.57. The number of nitrogens with one attached hydrogen (secondary N) is 2. The average Bonchev–Trinajstić information content (AvgIpc) is 2.30. The molecule has 0 bridgehead atoms. The number of fused-ring (bicyclic) bond motifs is 1. The molecule has 5 heteroatoms. The lowest BCUT2D eigenvalue weighted by Gasteiger charge is -2.18. The molecule has 16 heavy (non-hydrogen) atoms. The van der Waals surface area contributed by atoms with Gasteiger partial charge in [0.2, 0.25) is 0 Å². The zero-order chi connectivity index (χ0) is 11.5. The number of aromatic nitrogens is 1. The lowest BCUT2D eigenvalue weighted by Crippen LogP contribution is -2.25. The molecule has 1 aromatic heterocycles. The van der Waals surface area contributed by atoms with Gasteiger partial charge in [-0.2, -0.15) is 0 Å². The minimum absolute atomic E-state index is 0.178. The van der Waals surface area contributed by atoms with Gasteiger partial charge in [0.15, 0.2) is 0 Å². The number of pyridine rings is 1. The first kappa shape index (κ1) is 10.7. The first-order valence-corrected chi connectivity index (χ1v) is 5.39. The zero-order valence-electron chi connectivity index (χ0n) is 9.13. The summed E-state index contributed by atoms with van der Waals surface area (Å²) in [5.74, 6) is -0.376. The van der Waals surface area contributed by atoms with Crippen molar-refractivity contribution in [1.82, 2.24) is 4.98 Å². The van der Waals surface area contributed by atoms with Crippen LogP contribution in [0.25, 0.3) is 0 Å². The van der Waals surface area contributed by atoms with Crippen LogP contribution in [0.3, 0.4) is 0 Å². The van der Waals surface area contributed by atoms with Crippen LogP contribution in [0.1, 0.15) is 29.3 Å². The molecule has 0 amide bonds. The number of anilines is 1. The maximum absolute atomic E-state index is 11.7. The van der Waals surface area contributed by atoms with Crippen molar-refractivity contribution in [2.45, 2.75) is 19.8 Å². The fourth-order valence-electron chi connectivity index (χ4n) is 1.88. The SMILES string of the molecule is CCOC(=O)c1c[nH]c(=O)c2c1CCCN2. The molecule has 2 heterocycles. The molecule has 0 aliphatic carbocycles. The van der Waals surface area contributed by atoms with Gasteiger partial charge in [-0.1, -0.05) is 0 Å². The molecule has 0 saturated heterocycles. The Hall–Kier alpha value is -1.78. The largest absolute Gasteiger partial charge is 0.462 e. The summed E-state index contributed by atoms with van der Waals surface area (Å²) in [4.78, 5) is 25.7. The van der Waals surface area contributed by atoms with Crippen LogP contribution in [-0.4, -0.2) is 24.1 Å². The van der Waals surface area contributed by atoms with E-state index < -0.39 is 0 Å². The molecule has 5 nitrogen and oxygen atoms in total. The minimum Gasteiger partial charge on any atom is -0.462 e. The highest BCUT2D eigenvalue weighted by atomic mass is 16.5. The van der Waals surface area contributed by atoms with Crippen molar-refractivity contribution in [1.29, 1.82) is 0 Å². The van der Waals surface area contributed by atoms with Crippen LogP contribution in [0.5, 0.6) is 0 Å². The van der Waals surface area contributed by atoms with E-state index in [4.69, 9.17) is 4.74 Å². The number of H-pyrrole nitrogens is 1. The Balaban J connectivity index is 2.47. The van der Waals surface area contributed by atoms with Gasteiger partial charge in [0.1, 0.15) is 5.69 Å². The summed E-state index contributed by atoms with van der Waals surface area (Å²) in [7, 11) is 0. The highest BCUT2D eigenvalue weighted by molar-refractivity contribution is 5.92. The highest BCUT2D eigenvalue weighted by Gasteiger charge is 2.20. The molecule has 0 aromatic carbocycles. The van der Waals surface area contributed by atoms with Gasteiger partial charge in [0, 0.05) is 12.7 Å². The molecule has 2 rings (SSSR count). The molecule has 86 valence electrons. The maximum Gasteiger partial charge on any atom is 0.339 e. The molecule has 1 aromatic rings. The standard InChI is InChI=1S/C11H14N2O3/c1-2-16-11(15)8-6-13-10(14)9-7(8)4-3-5-12-9/h6,12H,2-5H2,1H3,(H,13,14). The number of rotatable bonds is 2. The van der Waals surface area contributed by atoms with E-state index in [1.807, 2.05) is 0 Å². The van der Waals surface area contributed by atoms with E-state index in [9.17, 15) is 9.59 Å². The Bertz CT molecular complexity index is 465. The smallest absolute Gasteiger partial charge is 0.339 e. The third-order valence-corrected chi connectivity index (χ3v) is 2.60. The van der Waals surface area contributed by atoms with E-state index in [1.165, 1.54) is 6.20 Å². The number of ether oxygens (including phenoxy) is 1. The fraction of sp³-hybridized carbons (Fsp3) is 0.455. The second-order valence-corrected chi connectivity index (χ2v) is 3.64. The average molecular weight is 222 g/mol. The molecular weight excluding hydrogens is 208 g/mol. The molecule has 0 atom stereocenters. The van der Waals surface area contributed by atoms with Gasteiger partial charge < -0.3 is 15.0 Å². The Kier molecular flexibility index (Phi) is 2.94. The van der Waals surface area contributed by atoms with E-state index in [0.29, 0.717) is 17.9 Å². The molecule has 0 radical (unpaired) electrons. The Labute approximate surface area is 92.8 Å². The van der Waals surface area contributed by atoms with Gasteiger partial charge in [0.05, 0.1) is 12.2 Å². The lowest BCUT2D eigenvalue weighted by molar-refractivity contribution is 0.0524. The topological polar surface area (TPSA) is 71.2 Å². The van der Waals surface area contributed by atoms with Crippen LogP contribution in [-0.2, 0) is 11.2 Å². The number of hydrogen-bond acceptors (Lipinski definition) is 4. The van der Waals surface area contributed by atoms with Gasteiger partial charge in [-0.05, 0) is 25.3 Å². The second kappa shape index (κ2) is 4.38. The van der Waals surface area contributed by atoms with Crippen LogP contribution >= 0.6 is 0 Å². The van der Waals surface area contributed by atoms with Crippen molar-refractivity contribution in [2.24, 2.45) is 0 Å². The summed E-state index contributed by atoms with van der Waals surface area (Å²) in [6, 6.07) is 0. The predicted octanol–water partition coefficient (Wildman–Crippen LogP) is 0.910. The van der Waals surface area contributed by atoms with Crippen molar-refractivity contribution in [3.63, 3.8) is 0 Å². The number of esters is 1. The van der Waals surface area contributed by atoms with Gasteiger partial charge in [-0.15, -0.1) is 0 Å². The van der Waals surface area contributed by atoms with E-state index >= 15 is 0 Å². The third-order valence-electron chi connectivity index (χ3n) is 2.60. The number of carbonyl (C=O) groups is 1. The summed E-state index contributed by atoms with van der Waals surface area (Å²) < 4.78 is 4.95. The number of hydrogen-bond donors (Lipinski definition) is 2. The lowest BCUT2D eigenvalue weighted by atomic mass is 10.00. The second-order valence-electron chi connectivity index (χ2n) is 3.64. The van der Waals surface area contributed by atoms with E-state index in [0.717, 1.165) is 24.9 Å². The summed E-state index contributed by atoms with van der Waals surface area (Å²) in [6.45, 7) is 2.86. The van der Waals surface area contributed by atoms with Gasteiger partial charge in [0.25, 0.3) is 5.56 Å². The first-order chi connectivity index (χ1) is 7.74. The molecular formula is C11H14N2O3. The molecule has 0 saturated carbocycles. The molecule has 2 N–H and O–H groups in total. The predicted molar refractivity (Wildman–Crippen MR) is 59.8 cm³/mol. The Morgan fingerprint density at radius 3 is 3.12 bits per heavy atom. The molecule has 0 fully saturated rings. The van der Waals surface area contributed by atoms with E-state index in [-0.39, 0.29) is 11.5 Å². The molecule has 1 aliphatic rings. The molecule has 1 aliphatic heterocycles. The van der Waals surface area contributed by atoms with Gasteiger partial charge >= 0.3 is 5.97 Å². The maximum atomic E-state index is 11.7. The van der Waals surface area contributed by atoms with Crippen molar-refractivity contribution < 1.29 is 9.53 Å². The summed E-state index contributed by atoms with van der Waals surface area (Å²) >= 11 is 0. The van der Waals surface area contributed by atoms with Crippen LogP contribution in [0.15, 0.2) is 11.0 Å². The molecule has 0 unspecified atom stereocenters. The minimum atomic E-state index is -0.376. The third kappa shape index (κ3) is 1.80. The summed E-state index contributed by atoms with van der Waals surface area (Å²) in [6.07, 6.45) is 3.09.